The Bertz CT molecular complexity index is 861. The lowest BCUT2D eigenvalue weighted by Crippen LogP contribution is -2.30. The highest BCUT2D eigenvalue weighted by molar-refractivity contribution is 7.89. The van der Waals surface area contributed by atoms with Gasteiger partial charge in [-0.15, -0.1) is 11.3 Å². The van der Waals surface area contributed by atoms with Crippen LogP contribution >= 0.6 is 22.9 Å². The number of thiazole rings is 1. The first kappa shape index (κ1) is 19.8. The van der Waals surface area contributed by atoms with Crippen molar-refractivity contribution in [1.29, 1.82) is 0 Å². The zero-order valence-corrected chi connectivity index (χ0v) is 16.6. The van der Waals surface area contributed by atoms with Gasteiger partial charge in [0, 0.05) is 18.5 Å². The maximum absolute atomic E-state index is 12.6. The fraction of sp³-hybridized carbons (Fsp3) is 0.375. The molecule has 0 spiro atoms. The van der Waals surface area contributed by atoms with Crippen molar-refractivity contribution in [2.45, 2.75) is 32.1 Å². The molecule has 9 heteroatoms. The molecule has 1 N–H and O–H groups in total. The zero-order chi connectivity index (χ0) is 18.6. The molecule has 0 unspecified atom stereocenters. The Labute approximate surface area is 156 Å². The highest BCUT2D eigenvalue weighted by Crippen LogP contribution is 2.25. The molecular weight excluding hydrogens is 382 g/mol. The molecule has 0 bridgehead atoms. The van der Waals surface area contributed by atoms with Crippen molar-refractivity contribution in [3.05, 3.63) is 39.9 Å². The van der Waals surface area contributed by atoms with E-state index in [1.165, 1.54) is 33.8 Å². The highest BCUT2D eigenvalue weighted by Gasteiger charge is 2.24. The van der Waals surface area contributed by atoms with Gasteiger partial charge in [0.1, 0.15) is 0 Å². The van der Waals surface area contributed by atoms with Crippen molar-refractivity contribution in [2.24, 2.45) is 0 Å². The van der Waals surface area contributed by atoms with Gasteiger partial charge >= 0.3 is 0 Å². The van der Waals surface area contributed by atoms with Crippen molar-refractivity contribution in [3.63, 3.8) is 0 Å². The third-order valence-electron chi connectivity index (χ3n) is 3.66. The predicted octanol–water partition coefficient (Wildman–Crippen LogP) is 3.64. The third kappa shape index (κ3) is 4.38. The van der Waals surface area contributed by atoms with Crippen LogP contribution in [-0.2, 0) is 16.4 Å². The Balaban J connectivity index is 2.33. The maximum Gasteiger partial charge on any atom is 0.259 e. The molecule has 25 heavy (non-hydrogen) atoms. The quantitative estimate of drug-likeness (QED) is 0.768. The van der Waals surface area contributed by atoms with E-state index in [2.05, 4.69) is 10.3 Å². The number of amides is 1. The molecule has 1 aromatic heterocycles. The van der Waals surface area contributed by atoms with Crippen LogP contribution < -0.4 is 5.32 Å². The largest absolute Gasteiger partial charge is 0.298 e. The van der Waals surface area contributed by atoms with E-state index in [1.54, 1.807) is 13.8 Å². The molecule has 0 aliphatic rings. The number of nitrogens with zero attached hydrogens (tertiary/aromatic N) is 2. The Kier molecular flexibility index (Phi) is 6.56. The predicted molar refractivity (Wildman–Crippen MR) is 101 cm³/mol. The van der Waals surface area contributed by atoms with Crippen LogP contribution in [0.3, 0.4) is 0 Å². The van der Waals surface area contributed by atoms with Crippen LogP contribution in [0.15, 0.2) is 28.5 Å². The lowest BCUT2D eigenvalue weighted by molar-refractivity contribution is 0.102. The Morgan fingerprint density at radius 1 is 1.28 bits per heavy atom. The molecule has 136 valence electrons. The number of aryl methyl sites for hydroxylation is 1. The fourth-order valence-corrected chi connectivity index (χ4v) is 4.72. The molecule has 0 aliphatic carbocycles. The van der Waals surface area contributed by atoms with E-state index in [-0.39, 0.29) is 15.5 Å². The van der Waals surface area contributed by atoms with Crippen LogP contribution in [-0.4, -0.2) is 36.7 Å². The van der Waals surface area contributed by atoms with Gasteiger partial charge in [0.05, 0.1) is 21.2 Å². The summed E-state index contributed by atoms with van der Waals surface area (Å²) in [6, 6.07) is 4.14. The molecule has 0 atom stereocenters. The van der Waals surface area contributed by atoms with Crippen molar-refractivity contribution in [3.8, 4) is 0 Å². The fourth-order valence-electron chi connectivity index (χ4n) is 2.24. The van der Waals surface area contributed by atoms with Gasteiger partial charge in [-0.1, -0.05) is 32.4 Å². The lowest BCUT2D eigenvalue weighted by atomic mass is 10.2. The number of sulfonamides is 1. The van der Waals surface area contributed by atoms with Crippen LogP contribution in [0.5, 0.6) is 0 Å². The summed E-state index contributed by atoms with van der Waals surface area (Å²) in [6.45, 7) is 6.19. The molecule has 2 aromatic rings. The van der Waals surface area contributed by atoms with Gasteiger partial charge in [-0.05, 0) is 24.6 Å². The number of hydrogen-bond donors (Lipinski definition) is 1. The molecule has 1 aromatic carbocycles. The minimum absolute atomic E-state index is 0.0409. The minimum Gasteiger partial charge on any atom is -0.298 e. The van der Waals surface area contributed by atoms with Crippen LogP contribution in [0, 0.1) is 0 Å². The molecule has 0 saturated heterocycles. The molecular formula is C16H20ClN3O3S2. The zero-order valence-electron chi connectivity index (χ0n) is 14.2. The molecule has 1 amide bonds. The summed E-state index contributed by atoms with van der Waals surface area (Å²) < 4.78 is 26.6. The van der Waals surface area contributed by atoms with E-state index in [4.69, 9.17) is 11.6 Å². The molecule has 1 heterocycles. The minimum atomic E-state index is -3.67. The molecule has 0 radical (unpaired) electrons. The number of anilines is 1. The smallest absolute Gasteiger partial charge is 0.259 e. The van der Waals surface area contributed by atoms with Crippen LogP contribution in [0.2, 0.25) is 5.02 Å². The van der Waals surface area contributed by atoms with Crippen molar-refractivity contribution in [2.75, 3.05) is 18.4 Å². The number of nitrogens with one attached hydrogen (secondary N) is 1. The van der Waals surface area contributed by atoms with E-state index in [0.29, 0.717) is 18.2 Å². The summed E-state index contributed by atoms with van der Waals surface area (Å²) in [5.74, 6) is -0.487. The summed E-state index contributed by atoms with van der Waals surface area (Å²) in [5, 5.41) is 5.16. The number of aromatic nitrogens is 1. The molecule has 6 nitrogen and oxygen atoms in total. The molecule has 0 aliphatic heterocycles. The highest BCUT2D eigenvalue weighted by atomic mass is 35.5. The number of carbonyl (C=O) groups is 1. The van der Waals surface area contributed by atoms with E-state index in [9.17, 15) is 13.2 Å². The van der Waals surface area contributed by atoms with Crippen molar-refractivity contribution >= 4 is 44.0 Å². The van der Waals surface area contributed by atoms with Crippen molar-refractivity contribution in [1.82, 2.24) is 9.29 Å². The average molecular weight is 402 g/mol. The van der Waals surface area contributed by atoms with Crippen LogP contribution in [0.4, 0.5) is 5.13 Å². The number of hydrogen-bond acceptors (Lipinski definition) is 5. The van der Waals surface area contributed by atoms with E-state index < -0.39 is 15.9 Å². The average Bonchev–Trinajstić information content (AvgIpc) is 3.03. The van der Waals surface area contributed by atoms with Gasteiger partial charge < -0.3 is 0 Å². The van der Waals surface area contributed by atoms with Crippen molar-refractivity contribution < 1.29 is 13.2 Å². The summed E-state index contributed by atoms with van der Waals surface area (Å²) >= 11 is 7.41. The monoisotopic (exact) mass is 401 g/mol. The second-order valence-electron chi connectivity index (χ2n) is 5.18. The second-order valence-corrected chi connectivity index (χ2v) is 8.39. The molecule has 2 rings (SSSR count). The summed E-state index contributed by atoms with van der Waals surface area (Å²) in [5.41, 5.74) is 0.979. The molecule has 0 fully saturated rings. The summed E-state index contributed by atoms with van der Waals surface area (Å²) in [4.78, 5) is 16.8. The van der Waals surface area contributed by atoms with E-state index in [0.717, 1.165) is 12.1 Å². The Morgan fingerprint density at radius 3 is 2.52 bits per heavy atom. The van der Waals surface area contributed by atoms with Gasteiger partial charge in [-0.2, -0.15) is 4.31 Å². The van der Waals surface area contributed by atoms with Gasteiger partial charge in [0.2, 0.25) is 10.0 Å². The first-order valence-electron chi connectivity index (χ1n) is 7.88. The molecule has 0 saturated carbocycles. The Hall–Kier alpha value is -1.48. The van der Waals surface area contributed by atoms with E-state index >= 15 is 0 Å². The summed E-state index contributed by atoms with van der Waals surface area (Å²) in [7, 11) is -3.67. The lowest BCUT2D eigenvalue weighted by Gasteiger charge is -2.19. The van der Waals surface area contributed by atoms with Gasteiger partial charge in [0.15, 0.2) is 5.13 Å². The number of halogens is 1. The van der Waals surface area contributed by atoms with Crippen LogP contribution in [0.1, 0.15) is 36.8 Å². The van der Waals surface area contributed by atoms with E-state index in [1.807, 2.05) is 12.3 Å². The number of benzene rings is 1. The van der Waals surface area contributed by atoms with Gasteiger partial charge in [-0.3, -0.25) is 10.1 Å². The van der Waals surface area contributed by atoms with Gasteiger partial charge in [0.25, 0.3) is 5.91 Å². The van der Waals surface area contributed by atoms with Gasteiger partial charge in [-0.25, -0.2) is 13.4 Å². The van der Waals surface area contributed by atoms with Crippen LogP contribution in [0.25, 0.3) is 0 Å². The topological polar surface area (TPSA) is 79.4 Å². The second kappa shape index (κ2) is 8.27. The Morgan fingerprint density at radius 2 is 1.96 bits per heavy atom. The SMILES string of the molecule is CCc1csc(NC(=O)c2cc(S(=O)(=O)N(CC)CC)ccc2Cl)n1. The standard InChI is InChI=1S/C16H20ClN3O3S2/c1-4-11-10-24-16(18-11)19-15(21)13-9-12(7-8-14(13)17)25(22,23)20(5-2)6-3/h7-10H,4-6H2,1-3H3,(H,18,19,21). The maximum atomic E-state index is 12.6. The summed E-state index contributed by atoms with van der Waals surface area (Å²) in [6.07, 6.45) is 0.769. The normalized spacial score (nSPS) is 11.7. The number of carbonyl (C=O) groups excluding carboxylic acids is 1. The number of rotatable bonds is 7. The first-order valence-corrected chi connectivity index (χ1v) is 10.6. The first-order chi connectivity index (χ1) is 11.8. The third-order valence-corrected chi connectivity index (χ3v) is 6.84.